The lowest BCUT2D eigenvalue weighted by Gasteiger charge is -2.03. The number of methoxy groups -OCH3 is 2. The summed E-state index contributed by atoms with van der Waals surface area (Å²) >= 11 is 0. The molecule has 3 aromatic rings. The molecule has 0 unspecified atom stereocenters. The summed E-state index contributed by atoms with van der Waals surface area (Å²) in [6, 6.07) is 15.0. The van der Waals surface area contributed by atoms with Crippen molar-refractivity contribution < 1.29 is 14.3 Å². The van der Waals surface area contributed by atoms with Crippen LogP contribution in [0.2, 0.25) is 0 Å². The molecule has 2 heterocycles. The molecule has 2 N–H and O–H groups in total. The van der Waals surface area contributed by atoms with E-state index in [1.54, 1.807) is 26.5 Å². The van der Waals surface area contributed by atoms with E-state index < -0.39 is 0 Å². The van der Waals surface area contributed by atoms with Gasteiger partial charge in [0.15, 0.2) is 0 Å². The maximum atomic E-state index is 12.6. The summed E-state index contributed by atoms with van der Waals surface area (Å²) in [5.41, 5.74) is 4.48. The van der Waals surface area contributed by atoms with Gasteiger partial charge in [-0.15, -0.1) is 0 Å². The first kappa shape index (κ1) is 17.5. The summed E-state index contributed by atoms with van der Waals surface area (Å²) in [6.45, 7) is 0. The SMILES string of the molecule is COc1ccc(C#Cc2cccc3c2/C(=C/c2[nH]ccc2OC)C(=O)N3)cc1. The molecular weight excluding hydrogens is 352 g/mol. The number of ether oxygens (including phenoxy) is 2. The van der Waals surface area contributed by atoms with E-state index in [2.05, 4.69) is 22.1 Å². The van der Waals surface area contributed by atoms with Crippen LogP contribution in [-0.4, -0.2) is 25.1 Å². The first-order valence-electron chi connectivity index (χ1n) is 8.73. The number of H-pyrrole nitrogens is 1. The van der Waals surface area contributed by atoms with Gasteiger partial charge in [-0.25, -0.2) is 0 Å². The average Bonchev–Trinajstić information content (AvgIpc) is 3.31. The molecule has 28 heavy (non-hydrogen) atoms. The van der Waals surface area contributed by atoms with Gasteiger partial charge in [0.25, 0.3) is 5.91 Å². The Bertz CT molecular complexity index is 1130. The van der Waals surface area contributed by atoms with E-state index in [4.69, 9.17) is 9.47 Å². The summed E-state index contributed by atoms with van der Waals surface area (Å²) in [6.07, 6.45) is 3.56. The summed E-state index contributed by atoms with van der Waals surface area (Å²) in [4.78, 5) is 15.7. The van der Waals surface area contributed by atoms with Gasteiger partial charge in [0.1, 0.15) is 11.5 Å². The van der Waals surface area contributed by atoms with Crippen molar-refractivity contribution in [3.8, 4) is 23.3 Å². The van der Waals surface area contributed by atoms with Crippen LogP contribution in [0.4, 0.5) is 5.69 Å². The fourth-order valence-corrected chi connectivity index (χ4v) is 3.11. The van der Waals surface area contributed by atoms with Gasteiger partial charge in [0, 0.05) is 22.9 Å². The van der Waals surface area contributed by atoms with Crippen molar-refractivity contribution in [2.24, 2.45) is 0 Å². The van der Waals surface area contributed by atoms with Crippen LogP contribution in [0, 0.1) is 11.8 Å². The Morgan fingerprint density at radius 1 is 0.964 bits per heavy atom. The van der Waals surface area contributed by atoms with Gasteiger partial charge < -0.3 is 19.8 Å². The molecule has 1 aliphatic heterocycles. The Balaban J connectivity index is 1.76. The summed E-state index contributed by atoms with van der Waals surface area (Å²) < 4.78 is 10.5. The molecule has 0 bridgehead atoms. The highest BCUT2D eigenvalue weighted by Gasteiger charge is 2.26. The number of rotatable bonds is 3. The highest BCUT2D eigenvalue weighted by molar-refractivity contribution is 6.35. The van der Waals surface area contributed by atoms with E-state index in [0.29, 0.717) is 11.3 Å². The van der Waals surface area contributed by atoms with E-state index in [1.807, 2.05) is 48.5 Å². The molecule has 0 radical (unpaired) electrons. The highest BCUT2D eigenvalue weighted by atomic mass is 16.5. The van der Waals surface area contributed by atoms with E-state index in [1.165, 1.54) is 0 Å². The number of carbonyl (C=O) groups is 1. The van der Waals surface area contributed by atoms with E-state index >= 15 is 0 Å². The molecule has 0 saturated heterocycles. The second-order valence-corrected chi connectivity index (χ2v) is 6.18. The summed E-state index contributed by atoms with van der Waals surface area (Å²) in [7, 11) is 3.23. The van der Waals surface area contributed by atoms with Crippen LogP contribution in [-0.2, 0) is 4.79 Å². The lowest BCUT2D eigenvalue weighted by Crippen LogP contribution is -2.03. The third-order valence-electron chi connectivity index (χ3n) is 4.51. The Morgan fingerprint density at radius 2 is 1.79 bits per heavy atom. The van der Waals surface area contributed by atoms with Crippen LogP contribution >= 0.6 is 0 Å². The molecule has 4 rings (SSSR count). The smallest absolute Gasteiger partial charge is 0.256 e. The second kappa shape index (κ2) is 7.37. The molecule has 0 aliphatic carbocycles. The maximum Gasteiger partial charge on any atom is 0.256 e. The number of carbonyl (C=O) groups excluding carboxylic acids is 1. The highest BCUT2D eigenvalue weighted by Crippen LogP contribution is 2.36. The number of benzene rings is 2. The Hall–Kier alpha value is -3.91. The minimum atomic E-state index is -0.162. The van der Waals surface area contributed by atoms with Gasteiger partial charge in [-0.2, -0.15) is 0 Å². The molecule has 1 aliphatic rings. The molecular formula is C23H18N2O3. The number of fused-ring (bicyclic) bond motifs is 1. The molecule has 0 saturated carbocycles. The first-order valence-corrected chi connectivity index (χ1v) is 8.73. The monoisotopic (exact) mass is 370 g/mol. The predicted octanol–water partition coefficient (Wildman–Crippen LogP) is 3.92. The number of hydrogen-bond acceptors (Lipinski definition) is 3. The zero-order chi connectivity index (χ0) is 19.5. The number of hydrogen-bond donors (Lipinski definition) is 2. The van der Waals surface area contributed by atoms with Crippen LogP contribution in [0.1, 0.15) is 22.4 Å². The fraction of sp³-hybridized carbons (Fsp3) is 0.0870. The van der Waals surface area contributed by atoms with Gasteiger partial charge in [0.2, 0.25) is 0 Å². The minimum Gasteiger partial charge on any atom is -0.497 e. The largest absolute Gasteiger partial charge is 0.497 e. The molecule has 5 heteroatoms. The standard InChI is InChI=1S/C23H18N2O3/c1-27-17-10-7-15(8-11-17)6-9-16-4-3-5-19-22(16)18(23(26)25-19)14-20-21(28-2)12-13-24-20/h3-5,7-8,10-14,24H,1-2H3,(H,25,26)/b18-14-. The van der Waals surface area contributed by atoms with Gasteiger partial charge in [-0.05, 0) is 48.5 Å². The lowest BCUT2D eigenvalue weighted by molar-refractivity contribution is -0.110. The van der Waals surface area contributed by atoms with Crippen molar-refractivity contribution in [2.45, 2.75) is 0 Å². The molecule has 2 aromatic carbocycles. The van der Waals surface area contributed by atoms with Crippen molar-refractivity contribution in [1.82, 2.24) is 4.98 Å². The third kappa shape index (κ3) is 3.24. The van der Waals surface area contributed by atoms with Crippen LogP contribution in [0.25, 0.3) is 11.6 Å². The van der Waals surface area contributed by atoms with Crippen molar-refractivity contribution in [3.05, 3.63) is 77.1 Å². The lowest BCUT2D eigenvalue weighted by atomic mass is 9.99. The van der Waals surface area contributed by atoms with E-state index in [0.717, 1.165) is 33.8 Å². The van der Waals surface area contributed by atoms with Crippen molar-refractivity contribution in [3.63, 3.8) is 0 Å². The van der Waals surface area contributed by atoms with Gasteiger partial charge in [-0.3, -0.25) is 4.79 Å². The molecule has 0 atom stereocenters. The van der Waals surface area contributed by atoms with E-state index in [-0.39, 0.29) is 5.91 Å². The Labute approximate surface area is 163 Å². The summed E-state index contributed by atoms with van der Waals surface area (Å²) in [5, 5.41) is 2.90. The number of nitrogens with one attached hydrogen (secondary N) is 2. The number of anilines is 1. The van der Waals surface area contributed by atoms with Crippen molar-refractivity contribution in [2.75, 3.05) is 19.5 Å². The Kier molecular flexibility index (Phi) is 4.61. The first-order chi connectivity index (χ1) is 13.7. The maximum absolute atomic E-state index is 12.6. The zero-order valence-electron chi connectivity index (χ0n) is 15.5. The van der Waals surface area contributed by atoms with Crippen LogP contribution in [0.3, 0.4) is 0 Å². The topological polar surface area (TPSA) is 63.4 Å². The van der Waals surface area contributed by atoms with Crippen LogP contribution < -0.4 is 14.8 Å². The quantitative estimate of drug-likeness (QED) is 0.542. The Morgan fingerprint density at radius 3 is 2.54 bits per heavy atom. The average molecular weight is 370 g/mol. The van der Waals surface area contributed by atoms with Crippen molar-refractivity contribution >= 4 is 23.2 Å². The van der Waals surface area contributed by atoms with Crippen molar-refractivity contribution in [1.29, 1.82) is 0 Å². The van der Waals surface area contributed by atoms with Crippen LogP contribution in [0.15, 0.2) is 54.7 Å². The number of aromatic amines is 1. The van der Waals surface area contributed by atoms with E-state index in [9.17, 15) is 4.79 Å². The molecule has 0 spiro atoms. The molecule has 1 aromatic heterocycles. The molecule has 1 amide bonds. The van der Waals surface area contributed by atoms with Gasteiger partial charge in [0.05, 0.1) is 31.2 Å². The fourth-order valence-electron chi connectivity index (χ4n) is 3.11. The van der Waals surface area contributed by atoms with Crippen LogP contribution in [0.5, 0.6) is 11.5 Å². The molecule has 0 fully saturated rings. The molecule has 138 valence electrons. The predicted molar refractivity (Wildman–Crippen MR) is 109 cm³/mol. The third-order valence-corrected chi connectivity index (χ3v) is 4.51. The minimum absolute atomic E-state index is 0.162. The zero-order valence-corrected chi connectivity index (χ0v) is 15.5. The van der Waals surface area contributed by atoms with Gasteiger partial charge >= 0.3 is 0 Å². The number of aromatic nitrogens is 1. The number of amides is 1. The second-order valence-electron chi connectivity index (χ2n) is 6.18. The van der Waals surface area contributed by atoms with Gasteiger partial charge in [-0.1, -0.05) is 17.9 Å². The normalized spacial score (nSPS) is 13.5. The summed E-state index contributed by atoms with van der Waals surface area (Å²) in [5.74, 6) is 7.64. The molecule has 5 nitrogen and oxygen atoms in total.